The smallest absolute Gasteiger partial charge is 0.158 e. The Bertz CT molecular complexity index is 1370. The fourth-order valence-corrected chi connectivity index (χ4v) is 4.06. The zero-order valence-electron chi connectivity index (χ0n) is 17.8. The number of aryl methyl sites for hydroxylation is 2. The first-order valence-corrected chi connectivity index (χ1v) is 10.4. The highest BCUT2D eigenvalue weighted by Gasteiger charge is 2.15. The van der Waals surface area contributed by atoms with Gasteiger partial charge in [-0.2, -0.15) is 10.2 Å². The van der Waals surface area contributed by atoms with Crippen LogP contribution in [-0.2, 0) is 6.54 Å². The molecular formula is C24H24N6O. The number of hydrogen-bond acceptors (Lipinski definition) is 5. The van der Waals surface area contributed by atoms with Gasteiger partial charge in [-0.3, -0.25) is 0 Å². The number of fused-ring (bicyclic) bond motifs is 2. The lowest BCUT2D eigenvalue weighted by atomic mass is 10.2. The van der Waals surface area contributed by atoms with Crippen LogP contribution in [0.3, 0.4) is 0 Å². The third-order valence-corrected chi connectivity index (χ3v) is 5.53. The molecule has 0 spiro atoms. The average Bonchev–Trinajstić information content (AvgIpc) is 3.40. The zero-order chi connectivity index (χ0) is 21.4. The topological polar surface area (TPSA) is 69.3 Å². The second kappa shape index (κ2) is 7.75. The van der Waals surface area contributed by atoms with Crippen LogP contribution in [0, 0.1) is 13.8 Å². The summed E-state index contributed by atoms with van der Waals surface area (Å²) in [5.41, 5.74) is 5.24. The first-order valence-electron chi connectivity index (χ1n) is 10.4. The van der Waals surface area contributed by atoms with E-state index in [1.165, 1.54) is 0 Å². The monoisotopic (exact) mass is 412 g/mol. The Labute approximate surface area is 180 Å². The van der Waals surface area contributed by atoms with Gasteiger partial charge in [0, 0.05) is 34.5 Å². The number of nitrogens with one attached hydrogen (secondary N) is 1. The van der Waals surface area contributed by atoms with Gasteiger partial charge in [0.1, 0.15) is 5.75 Å². The van der Waals surface area contributed by atoms with E-state index in [0.717, 1.165) is 50.6 Å². The molecular weight excluding hydrogens is 388 g/mol. The van der Waals surface area contributed by atoms with Gasteiger partial charge < -0.3 is 14.6 Å². The van der Waals surface area contributed by atoms with Crippen LogP contribution in [0.2, 0.25) is 0 Å². The minimum Gasteiger partial charge on any atom is -0.494 e. The fraction of sp³-hybridized carbons (Fsp3) is 0.208. The summed E-state index contributed by atoms with van der Waals surface area (Å²) < 4.78 is 9.69. The number of anilines is 1. The van der Waals surface area contributed by atoms with Gasteiger partial charge >= 0.3 is 0 Å². The Morgan fingerprint density at radius 2 is 1.84 bits per heavy atom. The third kappa shape index (κ3) is 3.38. The quantitative estimate of drug-likeness (QED) is 0.438. The molecule has 7 nitrogen and oxygen atoms in total. The SMILES string of the molecule is CCOc1ccc(-n2cc3c(NCc4cccc5ccnn45)nnc(C)c3c2C)cc1. The molecule has 31 heavy (non-hydrogen) atoms. The Balaban J connectivity index is 1.51. The number of pyridine rings is 1. The van der Waals surface area contributed by atoms with Gasteiger partial charge in [-0.1, -0.05) is 6.07 Å². The number of nitrogens with zero attached hydrogens (tertiary/aromatic N) is 5. The first-order chi connectivity index (χ1) is 15.2. The zero-order valence-corrected chi connectivity index (χ0v) is 17.8. The molecule has 0 aliphatic rings. The summed E-state index contributed by atoms with van der Waals surface area (Å²) in [4.78, 5) is 0. The van der Waals surface area contributed by atoms with Crippen molar-refractivity contribution in [2.24, 2.45) is 0 Å². The molecule has 0 fully saturated rings. The highest BCUT2D eigenvalue weighted by Crippen LogP contribution is 2.30. The molecule has 0 unspecified atom stereocenters. The second-order valence-electron chi connectivity index (χ2n) is 7.47. The molecule has 0 aliphatic heterocycles. The fourth-order valence-electron chi connectivity index (χ4n) is 4.06. The van der Waals surface area contributed by atoms with Crippen LogP contribution in [0.1, 0.15) is 24.0 Å². The van der Waals surface area contributed by atoms with Gasteiger partial charge in [0.05, 0.1) is 30.1 Å². The molecule has 4 aromatic heterocycles. The van der Waals surface area contributed by atoms with E-state index >= 15 is 0 Å². The van der Waals surface area contributed by atoms with Crippen molar-refractivity contribution < 1.29 is 4.74 Å². The van der Waals surface area contributed by atoms with E-state index < -0.39 is 0 Å². The molecule has 0 bridgehead atoms. The predicted molar refractivity (Wildman–Crippen MR) is 122 cm³/mol. The highest BCUT2D eigenvalue weighted by molar-refractivity contribution is 5.95. The maximum absolute atomic E-state index is 5.58. The van der Waals surface area contributed by atoms with E-state index in [1.54, 1.807) is 0 Å². The molecule has 0 saturated carbocycles. The van der Waals surface area contributed by atoms with E-state index in [9.17, 15) is 0 Å². The molecule has 0 radical (unpaired) electrons. The van der Waals surface area contributed by atoms with Crippen molar-refractivity contribution in [2.75, 3.05) is 11.9 Å². The number of rotatable bonds is 6. The molecule has 5 aromatic rings. The standard InChI is InChI=1S/C24H24N6O/c1-4-31-21-10-8-18(9-11-21)29-15-22-23(17(29)3)16(2)27-28-24(22)25-14-20-7-5-6-19-12-13-26-30(19)20/h5-13,15H,4,14H2,1-3H3,(H,25,28). The Morgan fingerprint density at radius 3 is 2.65 bits per heavy atom. The summed E-state index contributed by atoms with van der Waals surface area (Å²) in [5, 5.41) is 18.9. The predicted octanol–water partition coefficient (Wildman–Crippen LogP) is 4.70. The van der Waals surface area contributed by atoms with Crippen molar-refractivity contribution in [1.29, 1.82) is 0 Å². The number of aromatic nitrogens is 5. The van der Waals surface area contributed by atoms with Crippen molar-refractivity contribution in [3.05, 3.63) is 78.0 Å². The van der Waals surface area contributed by atoms with E-state index in [-0.39, 0.29) is 0 Å². The first kappa shape index (κ1) is 19.1. The minimum atomic E-state index is 0.596. The van der Waals surface area contributed by atoms with E-state index in [1.807, 2.05) is 54.9 Å². The van der Waals surface area contributed by atoms with Gasteiger partial charge in [-0.25, -0.2) is 4.52 Å². The molecule has 1 N–H and O–H groups in total. The van der Waals surface area contributed by atoms with Crippen LogP contribution < -0.4 is 10.1 Å². The Hall–Kier alpha value is -3.87. The molecule has 0 saturated heterocycles. The van der Waals surface area contributed by atoms with Crippen molar-refractivity contribution in [1.82, 2.24) is 24.4 Å². The van der Waals surface area contributed by atoms with Crippen LogP contribution in [0.15, 0.2) is 60.9 Å². The van der Waals surface area contributed by atoms with Gasteiger partial charge in [-0.05, 0) is 63.2 Å². The molecule has 0 atom stereocenters. The normalized spacial score (nSPS) is 11.3. The Morgan fingerprint density at radius 1 is 1.00 bits per heavy atom. The molecule has 5 rings (SSSR count). The largest absolute Gasteiger partial charge is 0.494 e. The summed E-state index contributed by atoms with van der Waals surface area (Å²) >= 11 is 0. The Kier molecular flexibility index (Phi) is 4.78. The van der Waals surface area contributed by atoms with Gasteiger partial charge in [-0.15, -0.1) is 5.10 Å². The summed E-state index contributed by atoms with van der Waals surface area (Å²) in [6, 6.07) is 16.3. The summed E-state index contributed by atoms with van der Waals surface area (Å²) in [5.74, 6) is 1.63. The van der Waals surface area contributed by atoms with Crippen molar-refractivity contribution in [3.63, 3.8) is 0 Å². The number of hydrogen-bond donors (Lipinski definition) is 1. The molecule has 7 heteroatoms. The third-order valence-electron chi connectivity index (χ3n) is 5.53. The number of benzene rings is 1. The molecule has 1 aromatic carbocycles. The van der Waals surface area contributed by atoms with Gasteiger partial charge in [0.25, 0.3) is 0 Å². The van der Waals surface area contributed by atoms with Gasteiger partial charge in [0.2, 0.25) is 0 Å². The summed E-state index contributed by atoms with van der Waals surface area (Å²) in [6.45, 7) is 7.35. The van der Waals surface area contributed by atoms with Crippen LogP contribution in [0.4, 0.5) is 5.82 Å². The van der Waals surface area contributed by atoms with Crippen molar-refractivity contribution in [3.8, 4) is 11.4 Å². The maximum Gasteiger partial charge on any atom is 0.158 e. The lowest BCUT2D eigenvalue weighted by molar-refractivity contribution is 0.340. The molecule has 4 heterocycles. The second-order valence-corrected chi connectivity index (χ2v) is 7.47. The van der Waals surface area contributed by atoms with Crippen molar-refractivity contribution >= 4 is 22.1 Å². The number of ether oxygens (including phenoxy) is 1. The van der Waals surface area contributed by atoms with E-state index in [0.29, 0.717) is 13.2 Å². The maximum atomic E-state index is 5.58. The molecule has 156 valence electrons. The highest BCUT2D eigenvalue weighted by atomic mass is 16.5. The average molecular weight is 412 g/mol. The molecule has 0 aliphatic carbocycles. The lowest BCUT2D eigenvalue weighted by Gasteiger charge is -2.09. The molecule has 0 amide bonds. The van der Waals surface area contributed by atoms with Crippen LogP contribution >= 0.6 is 0 Å². The van der Waals surface area contributed by atoms with Crippen LogP contribution in [-0.4, -0.2) is 31.0 Å². The summed E-state index contributed by atoms with van der Waals surface area (Å²) in [7, 11) is 0. The minimum absolute atomic E-state index is 0.596. The van der Waals surface area contributed by atoms with Crippen molar-refractivity contribution in [2.45, 2.75) is 27.3 Å². The van der Waals surface area contributed by atoms with Crippen LogP contribution in [0.5, 0.6) is 5.75 Å². The van der Waals surface area contributed by atoms with E-state index in [2.05, 4.69) is 56.5 Å². The van der Waals surface area contributed by atoms with Crippen LogP contribution in [0.25, 0.3) is 22.0 Å². The van der Waals surface area contributed by atoms with Gasteiger partial charge in [0.15, 0.2) is 5.82 Å². The van der Waals surface area contributed by atoms with E-state index in [4.69, 9.17) is 4.74 Å². The lowest BCUT2D eigenvalue weighted by Crippen LogP contribution is -2.07. The summed E-state index contributed by atoms with van der Waals surface area (Å²) in [6.07, 6.45) is 3.93.